The van der Waals surface area contributed by atoms with Crippen molar-refractivity contribution in [1.29, 1.82) is 0 Å². The van der Waals surface area contributed by atoms with Crippen LogP contribution >= 0.6 is 11.3 Å². The van der Waals surface area contributed by atoms with Gasteiger partial charge >= 0.3 is 0 Å². The summed E-state index contributed by atoms with van der Waals surface area (Å²) in [6, 6.07) is 3.88. The molecule has 2 aromatic heterocycles. The number of nitrogens with zero attached hydrogens (tertiary/aromatic N) is 2. The molecule has 1 saturated heterocycles. The van der Waals surface area contributed by atoms with Gasteiger partial charge in [-0.15, -0.1) is 11.3 Å². The molecule has 0 bridgehead atoms. The molecular formula is C16H19N3O2S. The number of aryl methyl sites for hydroxylation is 1. The maximum absolute atomic E-state index is 12.9. The number of hydrogen-bond donors (Lipinski definition) is 1. The third-order valence-electron chi connectivity index (χ3n) is 4.30. The minimum absolute atomic E-state index is 0.00528. The molecule has 2 aromatic rings. The number of aromatic nitrogens is 1. The first kappa shape index (κ1) is 14.8. The number of thiophene rings is 1. The Labute approximate surface area is 133 Å². The van der Waals surface area contributed by atoms with Crippen LogP contribution in [-0.4, -0.2) is 34.4 Å². The van der Waals surface area contributed by atoms with Crippen molar-refractivity contribution in [3.8, 4) is 5.00 Å². The number of amides is 2. The molecule has 116 valence electrons. The summed E-state index contributed by atoms with van der Waals surface area (Å²) in [5.74, 6) is -0.549. The molecule has 0 aromatic carbocycles. The average Bonchev–Trinajstić information content (AvgIpc) is 3.19. The first-order chi connectivity index (χ1) is 10.5. The number of carbonyl (C=O) groups excluding carboxylic acids is 2. The van der Waals surface area contributed by atoms with Gasteiger partial charge in [-0.1, -0.05) is 0 Å². The van der Waals surface area contributed by atoms with E-state index in [4.69, 9.17) is 5.73 Å². The summed E-state index contributed by atoms with van der Waals surface area (Å²) in [6.07, 6.45) is 4.54. The van der Waals surface area contributed by atoms with E-state index in [1.54, 1.807) is 16.2 Å². The van der Waals surface area contributed by atoms with Gasteiger partial charge in [0.25, 0.3) is 5.91 Å². The van der Waals surface area contributed by atoms with Crippen molar-refractivity contribution in [2.75, 3.05) is 13.1 Å². The van der Waals surface area contributed by atoms with Gasteiger partial charge in [-0.2, -0.15) is 0 Å². The summed E-state index contributed by atoms with van der Waals surface area (Å²) in [6.45, 7) is 5.02. The highest BCUT2D eigenvalue weighted by Gasteiger charge is 2.32. The number of primary amides is 1. The zero-order valence-corrected chi connectivity index (χ0v) is 13.5. The van der Waals surface area contributed by atoms with Crippen molar-refractivity contribution in [3.63, 3.8) is 0 Å². The summed E-state index contributed by atoms with van der Waals surface area (Å²) >= 11 is 1.62. The van der Waals surface area contributed by atoms with Gasteiger partial charge in [0.05, 0.1) is 11.5 Å². The molecule has 3 heterocycles. The van der Waals surface area contributed by atoms with Crippen LogP contribution < -0.4 is 5.73 Å². The molecule has 3 rings (SSSR count). The van der Waals surface area contributed by atoms with Crippen molar-refractivity contribution in [2.24, 2.45) is 11.7 Å². The summed E-state index contributed by atoms with van der Waals surface area (Å²) in [7, 11) is 0. The van der Waals surface area contributed by atoms with E-state index in [1.807, 2.05) is 42.9 Å². The van der Waals surface area contributed by atoms with Gasteiger partial charge in [0.2, 0.25) is 5.91 Å². The van der Waals surface area contributed by atoms with Crippen LogP contribution in [0.25, 0.3) is 5.00 Å². The summed E-state index contributed by atoms with van der Waals surface area (Å²) in [5.41, 5.74) is 7.12. The van der Waals surface area contributed by atoms with Crippen LogP contribution in [0.4, 0.5) is 0 Å². The Balaban J connectivity index is 1.95. The molecule has 1 fully saturated rings. The zero-order chi connectivity index (χ0) is 15.9. The van der Waals surface area contributed by atoms with Crippen LogP contribution in [-0.2, 0) is 4.79 Å². The third-order valence-corrected chi connectivity index (χ3v) is 5.52. The monoisotopic (exact) mass is 317 g/mol. The lowest BCUT2D eigenvalue weighted by atomic mass is 10.1. The van der Waals surface area contributed by atoms with Crippen molar-refractivity contribution in [2.45, 2.75) is 20.3 Å². The first-order valence-corrected chi connectivity index (χ1v) is 8.12. The Kier molecular flexibility index (Phi) is 3.78. The van der Waals surface area contributed by atoms with E-state index in [0.29, 0.717) is 19.5 Å². The van der Waals surface area contributed by atoms with Gasteiger partial charge in [0, 0.05) is 30.4 Å². The van der Waals surface area contributed by atoms with E-state index >= 15 is 0 Å². The molecule has 1 aliphatic heterocycles. The standard InChI is InChI=1S/C16H19N3O2S/c1-10-11(2)22-16(18-6-3-4-7-18)13(10)15(21)19-8-5-12(9-19)14(17)20/h3-4,6-7,12H,5,8-9H2,1-2H3,(H2,17,20). The SMILES string of the molecule is Cc1sc(-n2cccc2)c(C(=O)N2CCC(C(N)=O)C2)c1C. The summed E-state index contributed by atoms with van der Waals surface area (Å²) < 4.78 is 1.97. The maximum Gasteiger partial charge on any atom is 0.257 e. The predicted octanol–water partition coefficient (Wildman–Crippen LogP) is 2.10. The molecule has 1 unspecified atom stereocenters. The van der Waals surface area contributed by atoms with Gasteiger partial charge in [-0.25, -0.2) is 0 Å². The Hall–Kier alpha value is -2.08. The summed E-state index contributed by atoms with van der Waals surface area (Å²) in [4.78, 5) is 27.1. The third kappa shape index (κ3) is 2.43. The molecule has 1 aliphatic rings. The number of carbonyl (C=O) groups is 2. The van der Waals surface area contributed by atoms with Crippen molar-refractivity contribution in [1.82, 2.24) is 9.47 Å². The number of likely N-dealkylation sites (tertiary alicyclic amines) is 1. The second kappa shape index (κ2) is 5.61. The number of rotatable bonds is 3. The van der Waals surface area contributed by atoms with E-state index in [9.17, 15) is 9.59 Å². The van der Waals surface area contributed by atoms with Crippen LogP contribution in [0.15, 0.2) is 24.5 Å². The van der Waals surface area contributed by atoms with Gasteiger partial charge < -0.3 is 15.2 Å². The van der Waals surface area contributed by atoms with Crippen LogP contribution in [0.2, 0.25) is 0 Å². The lowest BCUT2D eigenvalue weighted by molar-refractivity contribution is -0.121. The van der Waals surface area contributed by atoms with E-state index in [1.165, 1.54) is 0 Å². The Morgan fingerprint density at radius 2 is 1.95 bits per heavy atom. The fraction of sp³-hybridized carbons (Fsp3) is 0.375. The van der Waals surface area contributed by atoms with Crippen LogP contribution in [0, 0.1) is 19.8 Å². The van der Waals surface area contributed by atoms with Crippen molar-refractivity contribution >= 4 is 23.2 Å². The molecule has 2 N–H and O–H groups in total. The second-order valence-electron chi connectivity index (χ2n) is 5.69. The molecule has 1 atom stereocenters. The smallest absolute Gasteiger partial charge is 0.257 e. The van der Waals surface area contributed by atoms with E-state index in [0.717, 1.165) is 21.0 Å². The Morgan fingerprint density at radius 1 is 1.27 bits per heavy atom. The summed E-state index contributed by atoms with van der Waals surface area (Å²) in [5, 5.41) is 0.938. The fourth-order valence-corrected chi connectivity index (χ4v) is 3.96. The maximum atomic E-state index is 12.9. The minimum atomic E-state index is -0.320. The van der Waals surface area contributed by atoms with E-state index in [2.05, 4.69) is 0 Å². The molecule has 0 radical (unpaired) electrons. The fourth-order valence-electron chi connectivity index (χ4n) is 2.85. The van der Waals surface area contributed by atoms with Crippen LogP contribution in [0.3, 0.4) is 0 Å². The van der Waals surface area contributed by atoms with Crippen molar-refractivity contribution in [3.05, 3.63) is 40.5 Å². The lowest BCUT2D eigenvalue weighted by Crippen LogP contribution is -2.32. The van der Waals surface area contributed by atoms with Crippen molar-refractivity contribution < 1.29 is 9.59 Å². The topological polar surface area (TPSA) is 68.3 Å². The van der Waals surface area contributed by atoms with Gasteiger partial charge in [-0.3, -0.25) is 9.59 Å². The van der Waals surface area contributed by atoms with Gasteiger partial charge in [0.1, 0.15) is 5.00 Å². The van der Waals surface area contributed by atoms with Gasteiger partial charge in [0.15, 0.2) is 0 Å². The molecule has 6 heteroatoms. The molecular weight excluding hydrogens is 298 g/mol. The highest BCUT2D eigenvalue weighted by Crippen LogP contribution is 2.33. The highest BCUT2D eigenvalue weighted by atomic mass is 32.1. The molecule has 2 amide bonds. The van der Waals surface area contributed by atoms with Gasteiger partial charge in [-0.05, 0) is 38.0 Å². The number of nitrogens with two attached hydrogens (primary N) is 1. The molecule has 0 saturated carbocycles. The molecule has 0 spiro atoms. The Bertz CT molecular complexity index is 718. The lowest BCUT2D eigenvalue weighted by Gasteiger charge is -2.17. The van der Waals surface area contributed by atoms with Crippen LogP contribution in [0.5, 0.6) is 0 Å². The highest BCUT2D eigenvalue weighted by molar-refractivity contribution is 7.15. The Morgan fingerprint density at radius 3 is 2.55 bits per heavy atom. The second-order valence-corrected chi connectivity index (χ2v) is 6.90. The van der Waals surface area contributed by atoms with E-state index in [-0.39, 0.29) is 17.7 Å². The average molecular weight is 317 g/mol. The largest absolute Gasteiger partial charge is 0.369 e. The molecule has 0 aliphatic carbocycles. The van der Waals surface area contributed by atoms with Crippen LogP contribution in [0.1, 0.15) is 27.2 Å². The normalized spacial score (nSPS) is 17.9. The molecule has 5 nitrogen and oxygen atoms in total. The van der Waals surface area contributed by atoms with E-state index < -0.39 is 0 Å². The molecule has 22 heavy (non-hydrogen) atoms. The first-order valence-electron chi connectivity index (χ1n) is 7.31. The quantitative estimate of drug-likeness (QED) is 0.942. The number of hydrogen-bond acceptors (Lipinski definition) is 3. The zero-order valence-electron chi connectivity index (χ0n) is 12.7. The predicted molar refractivity (Wildman–Crippen MR) is 86.3 cm³/mol. The minimum Gasteiger partial charge on any atom is -0.369 e.